The number of nitrogens with one attached hydrogen (secondary N) is 1. The van der Waals surface area contributed by atoms with Gasteiger partial charge in [-0.15, -0.1) is 0 Å². The Morgan fingerprint density at radius 2 is 2.12 bits per heavy atom. The number of nitrogen functional groups attached to an aromatic ring is 1. The average molecular weight is 244 g/mol. The van der Waals surface area contributed by atoms with Gasteiger partial charge in [-0.1, -0.05) is 12.1 Å². The zero-order valence-corrected chi connectivity index (χ0v) is 9.16. The normalized spacial score (nSPS) is 10.5. The fraction of sp³-hybridized carbons (Fsp3) is 0.364. The second-order valence-electron chi connectivity index (χ2n) is 3.31. The number of amides is 1. The zero-order chi connectivity index (χ0) is 12.7. The molecule has 1 aromatic carbocycles. The van der Waals surface area contributed by atoms with Crippen LogP contribution in [0, 0.1) is 0 Å². The number of para-hydroxylation sites is 1. The van der Waals surface area contributed by atoms with Crippen LogP contribution in [0.15, 0.2) is 24.3 Å². The average Bonchev–Trinajstić information content (AvgIpc) is 2.28. The van der Waals surface area contributed by atoms with Gasteiger partial charge in [0.2, 0.25) is 0 Å². The lowest BCUT2D eigenvalue weighted by atomic mass is 10.2. The third-order valence-corrected chi connectivity index (χ3v) is 1.98. The summed E-state index contributed by atoms with van der Waals surface area (Å²) in [7, 11) is 0. The third kappa shape index (κ3) is 4.78. The molecule has 4 nitrogen and oxygen atoms in total. The first-order chi connectivity index (χ1) is 8.11. The van der Waals surface area contributed by atoms with Gasteiger partial charge in [-0.05, 0) is 12.1 Å². The number of hydrogen-bond acceptors (Lipinski definition) is 3. The molecule has 0 bridgehead atoms. The lowest BCUT2D eigenvalue weighted by Crippen LogP contribution is -2.28. The van der Waals surface area contributed by atoms with Crippen molar-refractivity contribution >= 4 is 11.6 Å². The van der Waals surface area contributed by atoms with Gasteiger partial charge in [-0.3, -0.25) is 4.79 Å². The van der Waals surface area contributed by atoms with Crippen LogP contribution in [-0.2, 0) is 4.74 Å². The first-order valence-corrected chi connectivity index (χ1v) is 5.10. The highest BCUT2D eigenvalue weighted by atomic mass is 19.3. The predicted octanol–water partition coefficient (Wildman–Crippen LogP) is 1.28. The molecule has 0 aliphatic carbocycles. The van der Waals surface area contributed by atoms with Crippen LogP contribution in [-0.4, -0.2) is 32.1 Å². The minimum absolute atomic E-state index is 0.0445. The van der Waals surface area contributed by atoms with Crippen LogP contribution in [0.25, 0.3) is 0 Å². The van der Waals surface area contributed by atoms with Crippen molar-refractivity contribution in [2.75, 3.05) is 25.5 Å². The molecule has 3 N–H and O–H groups in total. The molecule has 17 heavy (non-hydrogen) atoms. The summed E-state index contributed by atoms with van der Waals surface area (Å²) in [5.74, 6) is -0.344. The number of halogens is 2. The van der Waals surface area contributed by atoms with Crippen molar-refractivity contribution in [3.63, 3.8) is 0 Å². The Morgan fingerprint density at radius 3 is 2.76 bits per heavy atom. The van der Waals surface area contributed by atoms with E-state index in [1.165, 1.54) is 0 Å². The molecular weight excluding hydrogens is 230 g/mol. The van der Waals surface area contributed by atoms with Crippen LogP contribution in [0.4, 0.5) is 14.5 Å². The van der Waals surface area contributed by atoms with Crippen molar-refractivity contribution in [1.29, 1.82) is 0 Å². The van der Waals surface area contributed by atoms with E-state index in [0.29, 0.717) is 11.3 Å². The maximum Gasteiger partial charge on any atom is 0.261 e. The first kappa shape index (κ1) is 13.4. The number of alkyl halides is 2. The minimum atomic E-state index is -2.49. The summed E-state index contributed by atoms with van der Waals surface area (Å²) < 4.78 is 28.0. The predicted molar refractivity (Wildman–Crippen MR) is 60.0 cm³/mol. The number of hydrogen-bond donors (Lipinski definition) is 2. The van der Waals surface area contributed by atoms with Gasteiger partial charge in [0.1, 0.15) is 6.61 Å². The number of rotatable bonds is 6. The number of carbonyl (C=O) groups is 1. The summed E-state index contributed by atoms with van der Waals surface area (Å²) in [6.07, 6.45) is -2.49. The Kier molecular flexibility index (Phi) is 5.35. The van der Waals surface area contributed by atoms with Crippen molar-refractivity contribution in [1.82, 2.24) is 5.32 Å². The maximum absolute atomic E-state index is 11.7. The van der Waals surface area contributed by atoms with E-state index in [2.05, 4.69) is 10.1 Å². The van der Waals surface area contributed by atoms with E-state index in [1.807, 2.05) is 0 Å². The van der Waals surface area contributed by atoms with Crippen LogP contribution in [0.5, 0.6) is 0 Å². The van der Waals surface area contributed by atoms with Crippen LogP contribution in [0.2, 0.25) is 0 Å². The Labute approximate surface area is 97.8 Å². The number of nitrogens with two attached hydrogens (primary N) is 1. The van der Waals surface area contributed by atoms with Gasteiger partial charge < -0.3 is 15.8 Å². The summed E-state index contributed by atoms with van der Waals surface area (Å²) in [6, 6.07) is 6.61. The maximum atomic E-state index is 11.7. The van der Waals surface area contributed by atoms with Crippen LogP contribution >= 0.6 is 0 Å². The molecule has 0 aliphatic rings. The highest BCUT2D eigenvalue weighted by molar-refractivity contribution is 5.98. The van der Waals surface area contributed by atoms with E-state index >= 15 is 0 Å². The van der Waals surface area contributed by atoms with Crippen molar-refractivity contribution in [3.05, 3.63) is 29.8 Å². The Bertz CT molecular complexity index is 372. The van der Waals surface area contributed by atoms with E-state index in [1.54, 1.807) is 24.3 Å². The molecule has 94 valence electrons. The molecule has 0 aliphatic heterocycles. The van der Waals surface area contributed by atoms with Crippen LogP contribution in [0.3, 0.4) is 0 Å². The molecule has 0 spiro atoms. The molecule has 1 aromatic rings. The quantitative estimate of drug-likeness (QED) is 0.585. The second-order valence-corrected chi connectivity index (χ2v) is 3.31. The smallest absolute Gasteiger partial charge is 0.261 e. The van der Waals surface area contributed by atoms with Crippen molar-refractivity contribution in [2.45, 2.75) is 6.43 Å². The van der Waals surface area contributed by atoms with E-state index in [-0.39, 0.29) is 19.1 Å². The van der Waals surface area contributed by atoms with Crippen molar-refractivity contribution < 1.29 is 18.3 Å². The summed E-state index contributed by atoms with van der Waals surface area (Å²) in [6.45, 7) is -0.411. The zero-order valence-electron chi connectivity index (χ0n) is 9.16. The van der Waals surface area contributed by atoms with E-state index in [9.17, 15) is 13.6 Å². The van der Waals surface area contributed by atoms with Crippen LogP contribution in [0.1, 0.15) is 10.4 Å². The Morgan fingerprint density at radius 1 is 1.41 bits per heavy atom. The van der Waals surface area contributed by atoms with Gasteiger partial charge in [-0.25, -0.2) is 8.78 Å². The molecule has 0 unspecified atom stereocenters. The van der Waals surface area contributed by atoms with Gasteiger partial charge >= 0.3 is 0 Å². The summed E-state index contributed by atoms with van der Waals surface area (Å²) in [5, 5.41) is 2.52. The third-order valence-electron chi connectivity index (χ3n) is 1.98. The van der Waals surface area contributed by atoms with Gasteiger partial charge in [0.15, 0.2) is 0 Å². The molecule has 0 atom stereocenters. The van der Waals surface area contributed by atoms with Crippen LogP contribution < -0.4 is 11.1 Å². The van der Waals surface area contributed by atoms with Crippen molar-refractivity contribution in [2.24, 2.45) is 0 Å². The van der Waals surface area contributed by atoms with Gasteiger partial charge in [0.25, 0.3) is 12.3 Å². The lowest BCUT2D eigenvalue weighted by Gasteiger charge is -2.07. The number of anilines is 1. The monoisotopic (exact) mass is 244 g/mol. The highest BCUT2D eigenvalue weighted by Crippen LogP contribution is 2.09. The molecular formula is C11H14F2N2O2. The van der Waals surface area contributed by atoms with E-state index < -0.39 is 13.0 Å². The Hall–Kier alpha value is -1.69. The molecule has 0 aromatic heterocycles. The highest BCUT2D eigenvalue weighted by Gasteiger charge is 2.08. The molecule has 6 heteroatoms. The fourth-order valence-corrected chi connectivity index (χ4v) is 1.21. The molecule has 0 heterocycles. The lowest BCUT2D eigenvalue weighted by molar-refractivity contribution is 0.0188. The Balaban J connectivity index is 2.29. The molecule has 0 saturated heterocycles. The first-order valence-electron chi connectivity index (χ1n) is 5.10. The molecule has 1 amide bonds. The number of benzene rings is 1. The summed E-state index contributed by atoms with van der Waals surface area (Å²) >= 11 is 0. The van der Waals surface area contributed by atoms with E-state index in [0.717, 1.165) is 0 Å². The van der Waals surface area contributed by atoms with Gasteiger partial charge in [0, 0.05) is 12.2 Å². The minimum Gasteiger partial charge on any atom is -0.398 e. The SMILES string of the molecule is Nc1ccccc1C(=O)NCCOCC(F)F. The molecule has 0 fully saturated rings. The topological polar surface area (TPSA) is 64.4 Å². The van der Waals surface area contributed by atoms with Gasteiger partial charge in [-0.2, -0.15) is 0 Å². The standard InChI is InChI=1S/C11H14F2N2O2/c12-10(13)7-17-6-5-15-11(16)8-3-1-2-4-9(8)14/h1-4,10H,5-7,14H2,(H,15,16). The number of ether oxygens (including phenoxy) is 1. The van der Waals surface area contributed by atoms with Crippen molar-refractivity contribution in [3.8, 4) is 0 Å². The molecule has 0 saturated carbocycles. The summed E-state index contributed by atoms with van der Waals surface area (Å²) in [4.78, 5) is 11.6. The van der Waals surface area contributed by atoms with Gasteiger partial charge in [0.05, 0.1) is 12.2 Å². The van der Waals surface area contributed by atoms with E-state index in [4.69, 9.17) is 5.73 Å². The summed E-state index contributed by atoms with van der Waals surface area (Å²) in [5.41, 5.74) is 6.34. The molecule has 0 radical (unpaired) electrons. The fourth-order valence-electron chi connectivity index (χ4n) is 1.21. The second kappa shape index (κ2) is 6.80. The molecule has 1 rings (SSSR count). The number of carbonyl (C=O) groups excluding carboxylic acids is 1. The largest absolute Gasteiger partial charge is 0.398 e.